The van der Waals surface area contributed by atoms with Crippen molar-refractivity contribution in [2.45, 2.75) is 13.8 Å². The van der Waals surface area contributed by atoms with Crippen LogP contribution in [0, 0.1) is 13.8 Å². The Hall–Kier alpha value is -2.22. The predicted octanol–water partition coefficient (Wildman–Crippen LogP) is 2.93. The van der Waals surface area contributed by atoms with Crippen LogP contribution in [0.3, 0.4) is 0 Å². The van der Waals surface area contributed by atoms with E-state index >= 15 is 0 Å². The summed E-state index contributed by atoms with van der Waals surface area (Å²) in [4.78, 5) is 31.8. The Morgan fingerprint density at radius 3 is 2.69 bits per heavy atom. The zero-order valence-corrected chi connectivity index (χ0v) is 15.7. The predicted molar refractivity (Wildman–Crippen MR) is 103 cm³/mol. The molecular weight excluding hydrogens is 350 g/mol. The zero-order valence-electron chi connectivity index (χ0n) is 14.9. The average molecular weight is 371 g/mol. The molecule has 26 heavy (non-hydrogen) atoms. The van der Waals surface area contributed by atoms with Gasteiger partial charge in [0.1, 0.15) is 0 Å². The number of ether oxygens (including phenoxy) is 1. The number of para-hydroxylation sites is 2. The molecule has 2 aromatic rings. The molecule has 3 heterocycles. The molecule has 2 aliphatic rings. The summed E-state index contributed by atoms with van der Waals surface area (Å²) >= 11 is 1.55. The first kappa shape index (κ1) is 17.2. The minimum absolute atomic E-state index is 0.0296. The first-order valence-electron chi connectivity index (χ1n) is 8.69. The lowest BCUT2D eigenvalue weighted by atomic mass is 10.1. The van der Waals surface area contributed by atoms with Crippen molar-refractivity contribution in [3.8, 4) is 0 Å². The van der Waals surface area contributed by atoms with Gasteiger partial charge in [0.15, 0.2) is 0 Å². The maximum absolute atomic E-state index is 13.3. The van der Waals surface area contributed by atoms with Crippen LogP contribution < -0.4 is 10.2 Å². The smallest absolute Gasteiger partial charge is 0.258 e. The molecule has 0 saturated carbocycles. The molecule has 1 fully saturated rings. The lowest BCUT2D eigenvalue weighted by Gasteiger charge is -2.30. The van der Waals surface area contributed by atoms with E-state index in [0.29, 0.717) is 36.7 Å². The maximum Gasteiger partial charge on any atom is 0.258 e. The van der Waals surface area contributed by atoms with Crippen LogP contribution in [-0.2, 0) is 9.53 Å². The van der Waals surface area contributed by atoms with E-state index in [0.717, 1.165) is 28.5 Å². The molecule has 4 rings (SSSR count). The number of morpholine rings is 1. The molecule has 7 heteroatoms. The van der Waals surface area contributed by atoms with Crippen LogP contribution in [0.15, 0.2) is 24.3 Å². The molecule has 1 aromatic heterocycles. The second-order valence-electron chi connectivity index (χ2n) is 6.53. The van der Waals surface area contributed by atoms with Crippen molar-refractivity contribution >= 4 is 40.2 Å². The highest BCUT2D eigenvalue weighted by Crippen LogP contribution is 2.44. The van der Waals surface area contributed by atoms with Gasteiger partial charge in [-0.2, -0.15) is 0 Å². The van der Waals surface area contributed by atoms with Crippen LogP contribution in [0.1, 0.15) is 20.1 Å². The Kier molecular flexibility index (Phi) is 4.52. The number of aryl methyl sites for hydroxylation is 2. The van der Waals surface area contributed by atoms with E-state index in [1.54, 1.807) is 16.2 Å². The highest BCUT2D eigenvalue weighted by atomic mass is 32.1. The standard InChI is InChI=1S/C19H21N3O3S/c1-12-17-18(13(2)26-12)22(16(23)11-21-7-9-25-10-8-21)15-6-4-3-5-14(15)20-19(17)24/h3-6H,7-11H2,1-2H3,(H,20,24). The fourth-order valence-corrected chi connectivity index (χ4v) is 4.61. The Morgan fingerprint density at radius 1 is 1.19 bits per heavy atom. The molecule has 1 N–H and O–H groups in total. The first-order valence-corrected chi connectivity index (χ1v) is 9.51. The van der Waals surface area contributed by atoms with E-state index in [-0.39, 0.29) is 11.8 Å². The maximum atomic E-state index is 13.3. The molecule has 1 saturated heterocycles. The van der Waals surface area contributed by atoms with Gasteiger partial charge in [-0.3, -0.25) is 19.4 Å². The monoisotopic (exact) mass is 371 g/mol. The van der Waals surface area contributed by atoms with E-state index in [2.05, 4.69) is 10.2 Å². The van der Waals surface area contributed by atoms with Gasteiger partial charge in [0.25, 0.3) is 5.91 Å². The summed E-state index contributed by atoms with van der Waals surface area (Å²) < 4.78 is 5.38. The second kappa shape index (κ2) is 6.83. The highest BCUT2D eigenvalue weighted by molar-refractivity contribution is 7.13. The Labute approximate surface area is 156 Å². The third-order valence-electron chi connectivity index (χ3n) is 4.78. The van der Waals surface area contributed by atoms with Crippen molar-refractivity contribution in [3.05, 3.63) is 39.6 Å². The van der Waals surface area contributed by atoms with Gasteiger partial charge < -0.3 is 10.1 Å². The Morgan fingerprint density at radius 2 is 1.92 bits per heavy atom. The number of benzene rings is 1. The SMILES string of the molecule is Cc1sc(C)c2c1C(=O)Nc1ccccc1N2C(=O)CN1CCOCC1. The number of nitrogens with zero attached hydrogens (tertiary/aromatic N) is 2. The van der Waals surface area contributed by atoms with Crippen molar-refractivity contribution in [3.63, 3.8) is 0 Å². The van der Waals surface area contributed by atoms with Gasteiger partial charge in [0, 0.05) is 22.8 Å². The van der Waals surface area contributed by atoms with Gasteiger partial charge in [0.2, 0.25) is 5.91 Å². The van der Waals surface area contributed by atoms with Gasteiger partial charge in [0.05, 0.1) is 42.4 Å². The van der Waals surface area contributed by atoms with Crippen LogP contribution in [0.2, 0.25) is 0 Å². The summed E-state index contributed by atoms with van der Waals surface area (Å²) in [5.41, 5.74) is 2.69. The molecule has 0 unspecified atom stereocenters. The Balaban J connectivity index is 1.80. The molecule has 2 amide bonds. The van der Waals surface area contributed by atoms with Crippen LogP contribution in [-0.4, -0.2) is 49.6 Å². The number of carbonyl (C=O) groups is 2. The minimum atomic E-state index is -0.157. The van der Waals surface area contributed by atoms with Gasteiger partial charge >= 0.3 is 0 Å². The van der Waals surface area contributed by atoms with E-state index in [1.807, 2.05) is 38.1 Å². The van der Waals surface area contributed by atoms with Crippen LogP contribution in [0.5, 0.6) is 0 Å². The van der Waals surface area contributed by atoms with E-state index < -0.39 is 0 Å². The van der Waals surface area contributed by atoms with Gasteiger partial charge in [-0.1, -0.05) is 12.1 Å². The molecular formula is C19H21N3O3S. The number of rotatable bonds is 2. The number of carbonyl (C=O) groups excluding carboxylic acids is 2. The number of nitrogens with one attached hydrogen (secondary N) is 1. The van der Waals surface area contributed by atoms with E-state index in [4.69, 9.17) is 4.74 Å². The first-order chi connectivity index (χ1) is 12.6. The summed E-state index contributed by atoms with van der Waals surface area (Å²) in [6, 6.07) is 7.47. The number of hydrogen-bond acceptors (Lipinski definition) is 5. The molecule has 2 aliphatic heterocycles. The highest BCUT2D eigenvalue weighted by Gasteiger charge is 2.34. The number of fused-ring (bicyclic) bond motifs is 2. The van der Waals surface area contributed by atoms with Crippen molar-refractivity contribution < 1.29 is 14.3 Å². The second-order valence-corrected chi connectivity index (χ2v) is 7.96. The molecule has 1 aromatic carbocycles. The molecule has 0 bridgehead atoms. The summed E-state index contributed by atoms with van der Waals surface area (Å²) in [6.07, 6.45) is 0. The molecule has 0 spiro atoms. The quantitative estimate of drug-likeness (QED) is 0.882. The lowest BCUT2D eigenvalue weighted by Crippen LogP contribution is -2.43. The summed E-state index contributed by atoms with van der Waals surface area (Å²) in [5.74, 6) is -0.186. The van der Waals surface area contributed by atoms with Gasteiger partial charge in [-0.05, 0) is 26.0 Å². The average Bonchev–Trinajstić information content (AvgIpc) is 2.83. The number of thiophene rings is 1. The summed E-state index contributed by atoms with van der Waals surface area (Å²) in [5, 5.41) is 2.96. The molecule has 0 radical (unpaired) electrons. The normalized spacial score (nSPS) is 17.3. The van der Waals surface area contributed by atoms with Gasteiger partial charge in [-0.15, -0.1) is 11.3 Å². The number of anilines is 3. The number of amides is 2. The Bertz CT molecular complexity index is 871. The third kappa shape index (κ3) is 2.92. The van der Waals surface area contributed by atoms with Gasteiger partial charge in [-0.25, -0.2) is 0 Å². The topological polar surface area (TPSA) is 61.9 Å². The van der Waals surface area contributed by atoms with Crippen LogP contribution >= 0.6 is 11.3 Å². The fourth-order valence-electron chi connectivity index (χ4n) is 3.57. The zero-order chi connectivity index (χ0) is 18.3. The molecule has 6 nitrogen and oxygen atoms in total. The van der Waals surface area contributed by atoms with Crippen molar-refractivity contribution in [2.24, 2.45) is 0 Å². The number of hydrogen-bond donors (Lipinski definition) is 1. The third-order valence-corrected chi connectivity index (χ3v) is 5.79. The van der Waals surface area contributed by atoms with Crippen molar-refractivity contribution in [1.82, 2.24) is 4.90 Å². The summed E-state index contributed by atoms with van der Waals surface area (Å²) in [7, 11) is 0. The largest absolute Gasteiger partial charge is 0.379 e. The summed E-state index contributed by atoms with van der Waals surface area (Å²) in [6.45, 7) is 6.97. The van der Waals surface area contributed by atoms with Crippen molar-refractivity contribution in [2.75, 3.05) is 43.1 Å². The van der Waals surface area contributed by atoms with Crippen molar-refractivity contribution in [1.29, 1.82) is 0 Å². The lowest BCUT2D eigenvalue weighted by molar-refractivity contribution is -0.120. The molecule has 136 valence electrons. The molecule has 0 aliphatic carbocycles. The van der Waals surface area contributed by atoms with Crippen LogP contribution in [0.4, 0.5) is 17.1 Å². The van der Waals surface area contributed by atoms with E-state index in [1.165, 1.54) is 0 Å². The fraction of sp³-hybridized carbons (Fsp3) is 0.368. The minimum Gasteiger partial charge on any atom is -0.379 e. The van der Waals surface area contributed by atoms with Crippen LogP contribution in [0.25, 0.3) is 0 Å². The molecule has 0 atom stereocenters. The van der Waals surface area contributed by atoms with E-state index in [9.17, 15) is 9.59 Å².